The molecule has 0 N–H and O–H groups in total. The second-order valence-corrected chi connectivity index (χ2v) is 8.20. The van der Waals surface area contributed by atoms with Crippen molar-refractivity contribution in [1.82, 2.24) is 9.80 Å². The molecule has 0 spiro atoms. The van der Waals surface area contributed by atoms with Gasteiger partial charge in [-0.3, -0.25) is 14.5 Å². The van der Waals surface area contributed by atoms with E-state index in [4.69, 9.17) is 0 Å². The summed E-state index contributed by atoms with van der Waals surface area (Å²) < 4.78 is 14.1. The fourth-order valence-corrected chi connectivity index (χ4v) is 4.43. The first-order valence-electron chi connectivity index (χ1n) is 9.89. The van der Waals surface area contributed by atoms with Gasteiger partial charge in [0.25, 0.3) is 0 Å². The Morgan fingerprint density at radius 1 is 1.07 bits per heavy atom. The van der Waals surface area contributed by atoms with Crippen LogP contribution in [0.25, 0.3) is 0 Å². The zero-order valence-electron chi connectivity index (χ0n) is 16.6. The number of piperidine rings is 1. The van der Waals surface area contributed by atoms with Crippen LogP contribution >= 0.6 is 0 Å². The predicted molar refractivity (Wildman–Crippen MR) is 105 cm³/mol. The third kappa shape index (κ3) is 4.67. The van der Waals surface area contributed by atoms with Crippen LogP contribution in [0.15, 0.2) is 18.2 Å². The van der Waals surface area contributed by atoms with Crippen LogP contribution in [-0.4, -0.2) is 67.3 Å². The number of carbonyl (C=O) groups is 2. The first-order valence-corrected chi connectivity index (χ1v) is 9.89. The van der Waals surface area contributed by atoms with Crippen molar-refractivity contribution in [2.75, 3.05) is 50.7 Å². The number of rotatable bonds is 4. The lowest BCUT2D eigenvalue weighted by Crippen LogP contribution is -2.52. The number of piperazine rings is 1. The largest absolute Gasteiger partial charge is 0.368 e. The maximum Gasteiger partial charge on any atom is 0.236 e. The minimum atomic E-state index is -0.467. The minimum absolute atomic E-state index is 0.165. The van der Waals surface area contributed by atoms with Gasteiger partial charge in [-0.1, -0.05) is 19.9 Å². The standard InChI is InChI=1S/C21H30FN3O2/c1-15-11-16(2)13-25(12-15)20(27)14-23-7-9-24(10-8-23)19-6-4-5-18(22)21(19)17(3)26/h4-6,15-16H,7-14H2,1-3H3. The lowest BCUT2D eigenvalue weighted by molar-refractivity contribution is -0.135. The average molecular weight is 375 g/mol. The van der Waals surface area contributed by atoms with Gasteiger partial charge in [0.1, 0.15) is 5.82 Å². The fraction of sp³-hybridized carbons (Fsp3) is 0.619. The van der Waals surface area contributed by atoms with Crippen molar-refractivity contribution in [2.45, 2.75) is 27.2 Å². The van der Waals surface area contributed by atoms with Crippen LogP contribution in [0, 0.1) is 17.7 Å². The van der Waals surface area contributed by atoms with Crippen molar-refractivity contribution >= 4 is 17.4 Å². The van der Waals surface area contributed by atoms with Crippen LogP contribution in [0.5, 0.6) is 0 Å². The van der Waals surface area contributed by atoms with E-state index in [1.54, 1.807) is 12.1 Å². The average Bonchev–Trinajstić information content (AvgIpc) is 2.61. The molecule has 2 unspecified atom stereocenters. The molecule has 2 fully saturated rings. The highest BCUT2D eigenvalue weighted by Crippen LogP contribution is 2.25. The van der Waals surface area contributed by atoms with E-state index in [1.165, 1.54) is 19.4 Å². The fourth-order valence-electron chi connectivity index (χ4n) is 4.43. The van der Waals surface area contributed by atoms with Crippen LogP contribution in [0.3, 0.4) is 0 Å². The Kier molecular flexibility index (Phi) is 6.15. The van der Waals surface area contributed by atoms with Crippen molar-refractivity contribution in [2.24, 2.45) is 11.8 Å². The van der Waals surface area contributed by atoms with Gasteiger partial charge in [0.2, 0.25) is 5.91 Å². The number of anilines is 1. The van der Waals surface area contributed by atoms with Gasteiger partial charge in [0.15, 0.2) is 5.78 Å². The van der Waals surface area contributed by atoms with E-state index in [-0.39, 0.29) is 17.3 Å². The Labute approximate surface area is 161 Å². The van der Waals surface area contributed by atoms with E-state index < -0.39 is 5.82 Å². The molecule has 2 heterocycles. The third-order valence-electron chi connectivity index (χ3n) is 5.64. The monoisotopic (exact) mass is 375 g/mol. The third-order valence-corrected chi connectivity index (χ3v) is 5.64. The second kappa shape index (κ2) is 8.38. The number of hydrogen-bond donors (Lipinski definition) is 0. The second-order valence-electron chi connectivity index (χ2n) is 8.20. The molecular weight excluding hydrogens is 345 g/mol. The summed E-state index contributed by atoms with van der Waals surface area (Å²) in [5.74, 6) is 0.608. The normalized spacial score (nSPS) is 24.1. The number of ketones is 1. The summed E-state index contributed by atoms with van der Waals surface area (Å²) in [6.07, 6.45) is 1.19. The number of amides is 1. The molecule has 6 heteroatoms. The van der Waals surface area contributed by atoms with Gasteiger partial charge in [-0.15, -0.1) is 0 Å². The maximum absolute atomic E-state index is 14.1. The van der Waals surface area contributed by atoms with Crippen molar-refractivity contribution in [3.63, 3.8) is 0 Å². The molecule has 2 atom stereocenters. The molecule has 0 bridgehead atoms. The number of halogens is 1. The van der Waals surface area contributed by atoms with E-state index in [0.29, 0.717) is 37.2 Å². The number of carbonyl (C=O) groups excluding carboxylic acids is 2. The summed E-state index contributed by atoms with van der Waals surface area (Å²) in [5, 5.41) is 0. The molecule has 5 nitrogen and oxygen atoms in total. The number of benzene rings is 1. The molecule has 0 aromatic heterocycles. The first kappa shape index (κ1) is 19.8. The topological polar surface area (TPSA) is 43.9 Å². The van der Waals surface area contributed by atoms with Gasteiger partial charge in [0, 0.05) is 39.3 Å². The molecule has 0 saturated carbocycles. The maximum atomic E-state index is 14.1. The van der Waals surface area contributed by atoms with Crippen molar-refractivity contribution < 1.29 is 14.0 Å². The highest BCUT2D eigenvalue weighted by atomic mass is 19.1. The molecule has 1 amide bonds. The number of likely N-dealkylation sites (tertiary alicyclic amines) is 1. The van der Waals surface area contributed by atoms with Crippen LogP contribution in [-0.2, 0) is 4.79 Å². The Morgan fingerprint density at radius 3 is 2.30 bits per heavy atom. The Bertz CT molecular complexity index is 691. The molecule has 2 aliphatic heterocycles. The molecule has 148 valence electrons. The molecule has 0 aliphatic carbocycles. The molecule has 1 aromatic carbocycles. The summed E-state index contributed by atoms with van der Waals surface area (Å²) in [6.45, 7) is 10.8. The minimum Gasteiger partial charge on any atom is -0.368 e. The molecule has 3 rings (SSSR count). The summed E-state index contributed by atoms with van der Waals surface area (Å²) in [7, 11) is 0. The van der Waals surface area contributed by atoms with E-state index >= 15 is 0 Å². The quantitative estimate of drug-likeness (QED) is 0.759. The SMILES string of the molecule is CC(=O)c1c(F)cccc1N1CCN(CC(=O)N2CC(C)CC(C)C2)CC1. The number of hydrogen-bond acceptors (Lipinski definition) is 4. The van der Waals surface area contributed by atoms with Crippen LogP contribution in [0.1, 0.15) is 37.6 Å². The van der Waals surface area contributed by atoms with Crippen molar-refractivity contribution in [3.05, 3.63) is 29.6 Å². The van der Waals surface area contributed by atoms with Gasteiger partial charge in [0.05, 0.1) is 17.8 Å². The zero-order valence-corrected chi connectivity index (χ0v) is 16.6. The number of Topliss-reactive ketones (excluding diaryl/α,β-unsaturated/α-hetero) is 1. The van der Waals surface area contributed by atoms with Gasteiger partial charge in [-0.2, -0.15) is 0 Å². The molecular formula is C21H30FN3O2. The molecule has 2 aliphatic rings. The molecule has 0 radical (unpaired) electrons. The number of nitrogens with zero attached hydrogens (tertiary/aromatic N) is 3. The Hall–Kier alpha value is -1.95. The van der Waals surface area contributed by atoms with E-state index in [1.807, 2.05) is 9.80 Å². The van der Waals surface area contributed by atoms with Crippen molar-refractivity contribution in [3.8, 4) is 0 Å². The van der Waals surface area contributed by atoms with Crippen LogP contribution in [0.2, 0.25) is 0 Å². The summed E-state index contributed by atoms with van der Waals surface area (Å²) in [4.78, 5) is 30.7. The van der Waals surface area contributed by atoms with Crippen LogP contribution in [0.4, 0.5) is 10.1 Å². The zero-order chi connectivity index (χ0) is 19.6. The molecule has 1 aromatic rings. The lowest BCUT2D eigenvalue weighted by Gasteiger charge is -2.39. The summed E-state index contributed by atoms with van der Waals surface area (Å²) in [6, 6.07) is 4.78. The lowest BCUT2D eigenvalue weighted by atomic mass is 9.92. The Balaban J connectivity index is 1.57. The highest BCUT2D eigenvalue weighted by Gasteiger charge is 2.28. The Morgan fingerprint density at radius 2 is 1.70 bits per heavy atom. The molecule has 2 saturated heterocycles. The van der Waals surface area contributed by atoms with Gasteiger partial charge in [-0.25, -0.2) is 4.39 Å². The van der Waals surface area contributed by atoms with Gasteiger partial charge in [-0.05, 0) is 37.3 Å². The predicted octanol–water partition coefficient (Wildman–Crippen LogP) is 2.65. The van der Waals surface area contributed by atoms with Crippen molar-refractivity contribution in [1.29, 1.82) is 0 Å². The van der Waals surface area contributed by atoms with E-state index in [2.05, 4.69) is 18.7 Å². The molecule has 27 heavy (non-hydrogen) atoms. The highest BCUT2D eigenvalue weighted by molar-refractivity contribution is 6.00. The first-order chi connectivity index (χ1) is 12.8. The van der Waals surface area contributed by atoms with E-state index in [0.717, 1.165) is 26.2 Å². The van der Waals surface area contributed by atoms with Gasteiger partial charge < -0.3 is 9.80 Å². The summed E-state index contributed by atoms with van der Waals surface area (Å²) in [5.41, 5.74) is 0.825. The smallest absolute Gasteiger partial charge is 0.236 e. The van der Waals surface area contributed by atoms with Crippen LogP contribution < -0.4 is 4.90 Å². The summed E-state index contributed by atoms with van der Waals surface area (Å²) >= 11 is 0. The van der Waals surface area contributed by atoms with Gasteiger partial charge >= 0.3 is 0 Å². The van der Waals surface area contributed by atoms with E-state index in [9.17, 15) is 14.0 Å².